The Labute approximate surface area is 171 Å². The summed E-state index contributed by atoms with van der Waals surface area (Å²) < 4.78 is 21.3. The standard InChI is InChI=1S/C18H26FN5O.HI/c1-5-21-17(23-12-18(2,3)25-4)22-11-14-6-7-16(15(19)10-14)24-9-8-20-13-24;/h6-10,13H,5,11-12H2,1-4H3,(H2,21,22,23);1H. The number of methoxy groups -OCH3 is 1. The average Bonchev–Trinajstić information content (AvgIpc) is 3.12. The van der Waals surface area contributed by atoms with E-state index in [-0.39, 0.29) is 35.4 Å². The molecule has 0 spiro atoms. The number of nitrogens with one attached hydrogen (secondary N) is 2. The number of aromatic nitrogens is 2. The van der Waals surface area contributed by atoms with E-state index in [0.29, 0.717) is 24.7 Å². The van der Waals surface area contributed by atoms with Crippen molar-refractivity contribution in [3.63, 3.8) is 0 Å². The molecule has 0 fully saturated rings. The molecule has 0 atom stereocenters. The third-order valence-electron chi connectivity index (χ3n) is 3.79. The molecule has 6 nitrogen and oxygen atoms in total. The minimum absolute atomic E-state index is 0. The summed E-state index contributed by atoms with van der Waals surface area (Å²) in [5.74, 6) is 0.371. The minimum atomic E-state index is -0.302. The van der Waals surface area contributed by atoms with Crippen LogP contribution in [0.25, 0.3) is 5.69 Å². The first-order valence-corrected chi connectivity index (χ1v) is 8.29. The van der Waals surface area contributed by atoms with Crippen molar-refractivity contribution in [1.29, 1.82) is 0 Å². The van der Waals surface area contributed by atoms with Crippen LogP contribution in [0, 0.1) is 5.82 Å². The van der Waals surface area contributed by atoms with Gasteiger partial charge in [-0.05, 0) is 38.5 Å². The lowest BCUT2D eigenvalue weighted by molar-refractivity contribution is 0.0268. The molecule has 1 aromatic heterocycles. The fourth-order valence-corrected chi connectivity index (χ4v) is 2.14. The summed E-state index contributed by atoms with van der Waals surface area (Å²) in [6.07, 6.45) is 4.90. The highest BCUT2D eigenvalue weighted by molar-refractivity contribution is 14.0. The van der Waals surface area contributed by atoms with Crippen molar-refractivity contribution in [2.75, 3.05) is 20.2 Å². The first-order valence-electron chi connectivity index (χ1n) is 8.29. The number of hydrogen-bond acceptors (Lipinski definition) is 3. The Morgan fingerprint density at radius 2 is 2.12 bits per heavy atom. The molecule has 2 rings (SSSR count). The Balaban J connectivity index is 0.00000338. The van der Waals surface area contributed by atoms with Crippen LogP contribution in [0.2, 0.25) is 0 Å². The lowest BCUT2D eigenvalue weighted by Gasteiger charge is -2.24. The lowest BCUT2D eigenvalue weighted by Crippen LogP contribution is -2.45. The Bertz CT molecular complexity index is 704. The van der Waals surface area contributed by atoms with Crippen molar-refractivity contribution in [2.24, 2.45) is 4.99 Å². The second-order valence-electron chi connectivity index (χ2n) is 6.27. The summed E-state index contributed by atoms with van der Waals surface area (Å²) in [6.45, 7) is 7.72. The van der Waals surface area contributed by atoms with Crippen molar-refractivity contribution in [2.45, 2.75) is 32.9 Å². The molecule has 0 saturated heterocycles. The van der Waals surface area contributed by atoms with Crippen molar-refractivity contribution >= 4 is 29.9 Å². The predicted molar refractivity (Wildman–Crippen MR) is 113 cm³/mol. The largest absolute Gasteiger partial charge is 0.377 e. The van der Waals surface area contributed by atoms with Gasteiger partial charge in [-0.15, -0.1) is 24.0 Å². The summed E-state index contributed by atoms with van der Waals surface area (Å²) in [4.78, 5) is 8.44. The maximum atomic E-state index is 14.3. The molecule has 0 unspecified atom stereocenters. The van der Waals surface area contributed by atoms with Crippen LogP contribution >= 0.6 is 24.0 Å². The molecular weight excluding hydrogens is 448 g/mol. The molecular formula is C18H27FIN5O. The molecule has 0 aliphatic carbocycles. The van der Waals surface area contributed by atoms with Gasteiger partial charge in [0, 0.05) is 32.6 Å². The molecule has 2 N–H and O–H groups in total. The van der Waals surface area contributed by atoms with Crippen LogP contribution in [0.1, 0.15) is 26.3 Å². The van der Waals surface area contributed by atoms with Crippen LogP contribution < -0.4 is 10.6 Å². The van der Waals surface area contributed by atoms with E-state index >= 15 is 0 Å². The Morgan fingerprint density at radius 1 is 1.35 bits per heavy atom. The molecule has 8 heteroatoms. The van der Waals surface area contributed by atoms with Gasteiger partial charge in [-0.3, -0.25) is 0 Å². The quantitative estimate of drug-likeness (QED) is 0.367. The molecule has 0 amide bonds. The topological polar surface area (TPSA) is 63.5 Å². The second-order valence-corrected chi connectivity index (χ2v) is 6.27. The molecule has 1 aromatic carbocycles. The molecule has 0 aliphatic rings. The summed E-state index contributed by atoms with van der Waals surface area (Å²) in [6, 6.07) is 5.10. The molecule has 0 bridgehead atoms. The Kier molecular flexibility index (Phi) is 9.00. The normalized spacial score (nSPS) is 11.8. The van der Waals surface area contributed by atoms with Gasteiger partial charge in [0.15, 0.2) is 5.96 Å². The van der Waals surface area contributed by atoms with E-state index < -0.39 is 0 Å². The van der Waals surface area contributed by atoms with Crippen LogP contribution in [-0.4, -0.2) is 41.3 Å². The number of halogens is 2. The summed E-state index contributed by atoms with van der Waals surface area (Å²) in [5.41, 5.74) is 0.969. The number of benzene rings is 1. The maximum Gasteiger partial charge on any atom is 0.191 e. The van der Waals surface area contributed by atoms with Gasteiger partial charge in [0.2, 0.25) is 0 Å². The van der Waals surface area contributed by atoms with Crippen LogP contribution in [0.4, 0.5) is 4.39 Å². The van der Waals surface area contributed by atoms with E-state index in [9.17, 15) is 4.39 Å². The van der Waals surface area contributed by atoms with Crippen LogP contribution in [0.15, 0.2) is 41.9 Å². The first-order chi connectivity index (χ1) is 11.9. The number of aliphatic imine (C=N–C) groups is 1. The van der Waals surface area contributed by atoms with Gasteiger partial charge in [-0.2, -0.15) is 0 Å². The molecule has 144 valence electrons. The summed E-state index contributed by atoms with van der Waals surface area (Å²) in [7, 11) is 1.68. The zero-order valence-electron chi connectivity index (χ0n) is 15.6. The van der Waals surface area contributed by atoms with Crippen molar-refractivity contribution in [1.82, 2.24) is 20.2 Å². The van der Waals surface area contributed by atoms with Crippen LogP contribution in [0.5, 0.6) is 0 Å². The summed E-state index contributed by atoms with van der Waals surface area (Å²) >= 11 is 0. The molecule has 26 heavy (non-hydrogen) atoms. The summed E-state index contributed by atoms with van der Waals surface area (Å²) in [5, 5.41) is 6.41. The first kappa shape index (κ1) is 22.4. The van der Waals surface area contributed by atoms with Gasteiger partial charge >= 0.3 is 0 Å². The predicted octanol–water partition coefficient (Wildman–Crippen LogP) is 3.11. The van der Waals surface area contributed by atoms with Gasteiger partial charge in [0.05, 0.1) is 24.2 Å². The van der Waals surface area contributed by atoms with Crippen molar-refractivity contribution < 1.29 is 9.13 Å². The lowest BCUT2D eigenvalue weighted by atomic mass is 10.1. The van der Waals surface area contributed by atoms with Crippen LogP contribution in [-0.2, 0) is 11.3 Å². The number of imidazole rings is 1. The fraction of sp³-hybridized carbons (Fsp3) is 0.444. The third kappa shape index (κ3) is 6.56. The second kappa shape index (κ2) is 10.5. The number of rotatable bonds is 7. The van der Waals surface area contributed by atoms with Crippen LogP contribution in [0.3, 0.4) is 0 Å². The Hall–Kier alpha value is -1.68. The molecule has 1 heterocycles. The number of nitrogens with zero attached hydrogens (tertiary/aromatic N) is 3. The van der Waals surface area contributed by atoms with Gasteiger partial charge in [-0.1, -0.05) is 6.07 Å². The Morgan fingerprint density at radius 3 is 2.69 bits per heavy atom. The van der Waals surface area contributed by atoms with E-state index in [1.807, 2.05) is 26.8 Å². The highest BCUT2D eigenvalue weighted by atomic mass is 127. The van der Waals surface area contributed by atoms with E-state index in [0.717, 1.165) is 12.1 Å². The molecule has 0 saturated carbocycles. The van der Waals surface area contributed by atoms with Crippen molar-refractivity contribution in [3.05, 3.63) is 48.3 Å². The number of guanidine groups is 1. The molecule has 2 aromatic rings. The highest BCUT2D eigenvalue weighted by Crippen LogP contribution is 2.15. The van der Waals surface area contributed by atoms with E-state index in [2.05, 4.69) is 20.6 Å². The fourth-order valence-electron chi connectivity index (χ4n) is 2.14. The third-order valence-corrected chi connectivity index (χ3v) is 3.79. The zero-order chi connectivity index (χ0) is 18.3. The van der Waals surface area contributed by atoms with E-state index in [4.69, 9.17) is 4.74 Å². The number of hydrogen-bond donors (Lipinski definition) is 2. The molecule has 0 radical (unpaired) electrons. The zero-order valence-corrected chi connectivity index (χ0v) is 18.0. The van der Waals surface area contributed by atoms with Gasteiger partial charge in [-0.25, -0.2) is 14.4 Å². The highest BCUT2D eigenvalue weighted by Gasteiger charge is 2.16. The SMILES string of the molecule is CCNC(=NCc1ccc(-n2ccnc2)c(F)c1)NCC(C)(C)OC.I. The monoisotopic (exact) mass is 475 g/mol. The minimum Gasteiger partial charge on any atom is -0.377 e. The van der Waals surface area contributed by atoms with Gasteiger partial charge in [0.25, 0.3) is 0 Å². The maximum absolute atomic E-state index is 14.3. The van der Waals surface area contributed by atoms with Gasteiger partial charge in [0.1, 0.15) is 5.82 Å². The number of ether oxygens (including phenoxy) is 1. The average molecular weight is 475 g/mol. The van der Waals surface area contributed by atoms with Gasteiger partial charge < -0.3 is 19.9 Å². The van der Waals surface area contributed by atoms with E-state index in [1.54, 1.807) is 36.5 Å². The van der Waals surface area contributed by atoms with Crippen molar-refractivity contribution in [3.8, 4) is 5.69 Å². The smallest absolute Gasteiger partial charge is 0.191 e. The molecule has 0 aliphatic heterocycles. The van der Waals surface area contributed by atoms with E-state index in [1.165, 1.54) is 6.07 Å².